The third kappa shape index (κ3) is 8.23. The first kappa shape index (κ1) is 31.8. The Labute approximate surface area is 256 Å². The summed E-state index contributed by atoms with van der Waals surface area (Å²) < 4.78 is 39.6. The van der Waals surface area contributed by atoms with E-state index in [2.05, 4.69) is 30.5 Å². The number of carboxylic acid groups (broad SMARTS) is 1. The molecule has 17 heteroatoms. The number of nitrogens with zero attached hydrogens (tertiary/aromatic N) is 3. The number of benzene rings is 2. The zero-order valence-electron chi connectivity index (χ0n) is 23.4. The van der Waals surface area contributed by atoms with Crippen molar-refractivity contribution in [2.75, 3.05) is 23.7 Å². The molecule has 44 heavy (non-hydrogen) atoms. The van der Waals surface area contributed by atoms with Crippen LogP contribution in [0.15, 0.2) is 74.4 Å². The molecule has 1 amide bonds. The number of aliphatic imine (C=N–C) groups is 1. The van der Waals surface area contributed by atoms with Crippen LogP contribution in [0.2, 0.25) is 0 Å². The average Bonchev–Trinajstić information content (AvgIpc) is 3.67. The Bertz CT molecular complexity index is 1750. The van der Waals surface area contributed by atoms with Gasteiger partial charge in [0.15, 0.2) is 11.8 Å². The van der Waals surface area contributed by atoms with Gasteiger partial charge < -0.3 is 36.5 Å². The summed E-state index contributed by atoms with van der Waals surface area (Å²) in [5, 5.41) is 20.5. The standard InChI is InChI=1S/C27H30N8O7S2/c1-41-21-10-3-2-8-18(21)25-33-22(34-42-25)15-31-16-6-4-7-17(14-16)44(39,40)35-19-11-13-43-23(19)24(36)32-20(26(37)38)9-5-12-30-27(28)29/h2-4,6-8,10-11,13-14,20,31,35H,5,9,12,15H2,1H3,(H,32,36)(H,37,38)(H4,28,29,30)/t20-/m0/s1. The number of carbonyl (C=O) groups excluding carboxylic acids is 1. The molecule has 0 radical (unpaired) electrons. The van der Waals surface area contributed by atoms with Gasteiger partial charge in [0.1, 0.15) is 16.7 Å². The monoisotopic (exact) mass is 642 g/mol. The number of hydrogen-bond acceptors (Lipinski definition) is 11. The molecular weight excluding hydrogens is 612 g/mol. The number of guanidine groups is 1. The number of carbonyl (C=O) groups is 2. The zero-order valence-corrected chi connectivity index (χ0v) is 25.0. The third-order valence-electron chi connectivity index (χ3n) is 6.06. The highest BCUT2D eigenvalue weighted by Crippen LogP contribution is 2.29. The molecule has 2 aromatic carbocycles. The van der Waals surface area contributed by atoms with Gasteiger partial charge >= 0.3 is 5.97 Å². The van der Waals surface area contributed by atoms with Crippen molar-refractivity contribution in [3.63, 3.8) is 0 Å². The van der Waals surface area contributed by atoms with Crippen molar-refractivity contribution in [3.8, 4) is 17.2 Å². The first-order valence-corrected chi connectivity index (χ1v) is 15.4. The van der Waals surface area contributed by atoms with Crippen molar-refractivity contribution in [1.29, 1.82) is 0 Å². The van der Waals surface area contributed by atoms with Crippen LogP contribution in [0.3, 0.4) is 0 Å². The first-order valence-electron chi connectivity index (χ1n) is 13.1. The average molecular weight is 643 g/mol. The number of carboxylic acids is 1. The van der Waals surface area contributed by atoms with Crippen molar-refractivity contribution in [3.05, 3.63) is 70.7 Å². The van der Waals surface area contributed by atoms with Gasteiger partial charge in [-0.3, -0.25) is 14.5 Å². The highest BCUT2D eigenvalue weighted by molar-refractivity contribution is 7.92. The van der Waals surface area contributed by atoms with Crippen LogP contribution < -0.4 is 31.6 Å². The zero-order chi connectivity index (χ0) is 31.7. The van der Waals surface area contributed by atoms with E-state index in [1.54, 1.807) is 24.3 Å². The lowest BCUT2D eigenvalue weighted by molar-refractivity contribution is -0.139. The number of hydrogen-bond donors (Lipinski definition) is 6. The summed E-state index contributed by atoms with van der Waals surface area (Å²) in [6.45, 7) is 0.333. The molecule has 4 aromatic rings. The molecule has 15 nitrogen and oxygen atoms in total. The van der Waals surface area contributed by atoms with Crippen LogP contribution in [-0.4, -0.2) is 61.2 Å². The van der Waals surface area contributed by atoms with Crippen LogP contribution in [0.25, 0.3) is 11.5 Å². The van der Waals surface area contributed by atoms with Gasteiger partial charge in [-0.25, -0.2) is 13.2 Å². The van der Waals surface area contributed by atoms with Crippen molar-refractivity contribution >= 4 is 50.6 Å². The molecule has 4 rings (SSSR count). The van der Waals surface area contributed by atoms with Gasteiger partial charge in [0, 0.05) is 12.2 Å². The second kappa shape index (κ2) is 14.3. The Morgan fingerprint density at radius 1 is 1.16 bits per heavy atom. The fourth-order valence-corrected chi connectivity index (χ4v) is 5.90. The van der Waals surface area contributed by atoms with Crippen molar-refractivity contribution in [2.45, 2.75) is 30.3 Å². The van der Waals surface area contributed by atoms with Crippen molar-refractivity contribution in [2.24, 2.45) is 16.5 Å². The number of nitrogens with one attached hydrogen (secondary N) is 3. The summed E-state index contributed by atoms with van der Waals surface area (Å²) >= 11 is 0.961. The molecular formula is C27H30N8O7S2. The van der Waals surface area contributed by atoms with Gasteiger partial charge in [-0.05, 0) is 54.6 Å². The van der Waals surface area contributed by atoms with E-state index in [9.17, 15) is 23.1 Å². The van der Waals surface area contributed by atoms with Crippen molar-refractivity contribution in [1.82, 2.24) is 15.5 Å². The fourth-order valence-electron chi connectivity index (χ4n) is 3.96. The van der Waals surface area contributed by atoms with E-state index >= 15 is 0 Å². The fraction of sp³-hybridized carbons (Fsp3) is 0.222. The van der Waals surface area contributed by atoms with Gasteiger partial charge in [0.05, 0.1) is 29.8 Å². The number of aliphatic carboxylic acids is 1. The van der Waals surface area contributed by atoms with Gasteiger partial charge in [-0.15, -0.1) is 11.3 Å². The number of amides is 1. The molecule has 0 aliphatic carbocycles. The first-order chi connectivity index (χ1) is 21.1. The summed E-state index contributed by atoms with van der Waals surface area (Å²) in [7, 11) is -2.60. The van der Waals surface area contributed by atoms with Crippen LogP contribution in [0.4, 0.5) is 11.4 Å². The lowest BCUT2D eigenvalue weighted by atomic mass is 10.1. The molecule has 0 bridgehead atoms. The lowest BCUT2D eigenvalue weighted by Gasteiger charge is -2.15. The minimum absolute atomic E-state index is 0.00119. The van der Waals surface area contributed by atoms with Gasteiger partial charge in [-0.1, -0.05) is 23.4 Å². The molecule has 0 fully saturated rings. The molecule has 1 atom stereocenters. The van der Waals surface area contributed by atoms with E-state index < -0.39 is 27.9 Å². The topological polar surface area (TPSA) is 237 Å². The molecule has 2 heterocycles. The van der Waals surface area contributed by atoms with Gasteiger partial charge in [-0.2, -0.15) is 4.98 Å². The maximum Gasteiger partial charge on any atom is 0.326 e. The number of para-hydroxylation sites is 1. The quantitative estimate of drug-likeness (QED) is 0.0623. The molecule has 232 valence electrons. The van der Waals surface area contributed by atoms with Crippen LogP contribution in [-0.2, 0) is 21.4 Å². The molecule has 0 spiro atoms. The van der Waals surface area contributed by atoms with Crippen LogP contribution in [0.1, 0.15) is 28.3 Å². The molecule has 0 saturated carbocycles. The summed E-state index contributed by atoms with van der Waals surface area (Å²) in [6.07, 6.45) is 0.370. The second-order valence-electron chi connectivity index (χ2n) is 9.18. The van der Waals surface area contributed by atoms with E-state index in [1.165, 1.54) is 30.7 Å². The molecule has 2 aromatic heterocycles. The van der Waals surface area contributed by atoms with E-state index in [1.807, 2.05) is 12.1 Å². The summed E-state index contributed by atoms with van der Waals surface area (Å²) in [5.41, 5.74) is 11.6. The Morgan fingerprint density at radius 2 is 1.95 bits per heavy atom. The minimum Gasteiger partial charge on any atom is -0.496 e. The van der Waals surface area contributed by atoms with Crippen LogP contribution in [0.5, 0.6) is 5.75 Å². The molecule has 0 aliphatic rings. The van der Waals surface area contributed by atoms with E-state index in [0.29, 0.717) is 29.2 Å². The Hall–Kier alpha value is -5.16. The normalized spacial score (nSPS) is 11.8. The number of thiophene rings is 1. The van der Waals surface area contributed by atoms with Crippen LogP contribution in [0, 0.1) is 0 Å². The largest absolute Gasteiger partial charge is 0.496 e. The van der Waals surface area contributed by atoms with E-state index in [4.69, 9.17) is 20.7 Å². The smallest absolute Gasteiger partial charge is 0.326 e. The predicted octanol–water partition coefficient (Wildman–Crippen LogP) is 2.46. The van der Waals surface area contributed by atoms with E-state index in [0.717, 1.165) is 11.3 Å². The number of ether oxygens (including phenoxy) is 1. The Kier molecular flexibility index (Phi) is 10.4. The SMILES string of the molecule is COc1ccccc1-c1nc(CNc2cccc(S(=O)(=O)Nc3ccsc3C(=O)N[C@@H](CCCN=C(N)N)C(=O)O)c2)no1. The number of aromatic nitrogens is 2. The molecule has 8 N–H and O–H groups in total. The highest BCUT2D eigenvalue weighted by Gasteiger charge is 2.25. The van der Waals surface area contributed by atoms with Gasteiger partial charge in [0.25, 0.3) is 21.8 Å². The summed E-state index contributed by atoms with van der Waals surface area (Å²) in [4.78, 5) is 32.7. The number of sulfonamides is 1. The van der Waals surface area contributed by atoms with Crippen molar-refractivity contribution < 1.29 is 32.4 Å². The molecule has 0 unspecified atom stereocenters. The number of nitrogens with two attached hydrogens (primary N) is 2. The minimum atomic E-state index is -4.14. The third-order valence-corrected chi connectivity index (χ3v) is 8.34. The Balaban J connectivity index is 1.40. The second-order valence-corrected chi connectivity index (χ2v) is 11.8. The van der Waals surface area contributed by atoms with E-state index in [-0.39, 0.29) is 46.8 Å². The number of rotatable bonds is 15. The molecule has 0 saturated heterocycles. The summed E-state index contributed by atoms with van der Waals surface area (Å²) in [6, 6.07) is 13.4. The maximum atomic E-state index is 13.2. The lowest BCUT2D eigenvalue weighted by Crippen LogP contribution is -2.40. The predicted molar refractivity (Wildman–Crippen MR) is 164 cm³/mol. The maximum absolute atomic E-state index is 13.2. The van der Waals surface area contributed by atoms with Crippen LogP contribution >= 0.6 is 11.3 Å². The number of methoxy groups -OCH3 is 1. The number of anilines is 2. The highest BCUT2D eigenvalue weighted by atomic mass is 32.2. The Morgan fingerprint density at radius 3 is 2.70 bits per heavy atom. The molecule has 0 aliphatic heterocycles. The van der Waals surface area contributed by atoms with Gasteiger partial charge in [0.2, 0.25) is 0 Å². The summed E-state index contributed by atoms with van der Waals surface area (Å²) in [5.74, 6) is -0.923.